The van der Waals surface area contributed by atoms with Crippen molar-refractivity contribution < 1.29 is 14.3 Å². The van der Waals surface area contributed by atoms with E-state index in [4.69, 9.17) is 9.47 Å². The van der Waals surface area contributed by atoms with E-state index in [2.05, 4.69) is 43.0 Å². The first-order valence-electron chi connectivity index (χ1n) is 8.64. The van der Waals surface area contributed by atoms with Crippen LogP contribution in [0.2, 0.25) is 0 Å². The SMILES string of the molecule is CC(C)CCOC(C)C(=O)OCC1CCN(c2ccccc2)C1. The number of ether oxygens (including phenoxy) is 2. The zero-order valence-electron chi connectivity index (χ0n) is 14.5. The number of esters is 1. The first-order chi connectivity index (χ1) is 11.1. The molecule has 0 bridgehead atoms. The Balaban J connectivity index is 1.67. The third kappa shape index (κ3) is 5.87. The maximum Gasteiger partial charge on any atom is 0.334 e. The molecule has 1 aromatic rings. The monoisotopic (exact) mass is 319 g/mol. The first kappa shape index (κ1) is 17.8. The predicted molar refractivity (Wildman–Crippen MR) is 92.6 cm³/mol. The molecule has 0 aliphatic carbocycles. The number of hydrogen-bond donors (Lipinski definition) is 0. The van der Waals surface area contributed by atoms with Crippen LogP contribution in [0, 0.1) is 11.8 Å². The highest BCUT2D eigenvalue weighted by molar-refractivity contribution is 5.74. The number of carbonyl (C=O) groups excluding carboxylic acids is 1. The van der Waals surface area contributed by atoms with Crippen molar-refractivity contribution in [1.29, 1.82) is 0 Å². The van der Waals surface area contributed by atoms with Crippen LogP contribution in [-0.2, 0) is 14.3 Å². The molecule has 1 fully saturated rings. The minimum atomic E-state index is -0.472. The van der Waals surface area contributed by atoms with E-state index in [0.717, 1.165) is 25.9 Å². The van der Waals surface area contributed by atoms with E-state index in [0.29, 0.717) is 25.0 Å². The highest BCUT2D eigenvalue weighted by atomic mass is 16.6. The molecule has 1 heterocycles. The molecule has 23 heavy (non-hydrogen) atoms. The summed E-state index contributed by atoms with van der Waals surface area (Å²) in [6.45, 7) is 9.12. The van der Waals surface area contributed by atoms with Gasteiger partial charge >= 0.3 is 5.97 Å². The number of hydrogen-bond acceptors (Lipinski definition) is 4. The Morgan fingerprint density at radius 1 is 1.26 bits per heavy atom. The smallest absolute Gasteiger partial charge is 0.334 e. The average molecular weight is 319 g/mol. The molecular weight excluding hydrogens is 290 g/mol. The predicted octanol–water partition coefficient (Wildman–Crippen LogP) is 3.51. The lowest BCUT2D eigenvalue weighted by Gasteiger charge is -2.19. The summed E-state index contributed by atoms with van der Waals surface area (Å²) in [5.41, 5.74) is 1.24. The van der Waals surface area contributed by atoms with Crippen molar-refractivity contribution in [1.82, 2.24) is 0 Å². The summed E-state index contributed by atoms with van der Waals surface area (Å²) in [5.74, 6) is 0.745. The fourth-order valence-corrected chi connectivity index (χ4v) is 2.71. The van der Waals surface area contributed by atoms with Crippen molar-refractivity contribution in [3.05, 3.63) is 30.3 Å². The van der Waals surface area contributed by atoms with Crippen LogP contribution in [0.3, 0.4) is 0 Å². The van der Waals surface area contributed by atoms with E-state index in [1.165, 1.54) is 5.69 Å². The van der Waals surface area contributed by atoms with Gasteiger partial charge in [-0.05, 0) is 37.8 Å². The Hall–Kier alpha value is -1.55. The summed E-state index contributed by atoms with van der Waals surface area (Å²) < 4.78 is 11.0. The summed E-state index contributed by atoms with van der Waals surface area (Å²) in [5, 5.41) is 0. The third-order valence-corrected chi connectivity index (χ3v) is 4.26. The molecule has 1 aliphatic rings. The van der Waals surface area contributed by atoms with Gasteiger partial charge in [-0.2, -0.15) is 0 Å². The molecule has 0 saturated carbocycles. The van der Waals surface area contributed by atoms with Crippen LogP contribution in [0.4, 0.5) is 5.69 Å². The molecule has 4 heteroatoms. The van der Waals surface area contributed by atoms with E-state index in [1.807, 2.05) is 6.07 Å². The lowest BCUT2D eigenvalue weighted by atomic mass is 10.1. The highest BCUT2D eigenvalue weighted by Crippen LogP contribution is 2.23. The Labute approximate surface area is 139 Å². The average Bonchev–Trinajstić information content (AvgIpc) is 3.02. The quantitative estimate of drug-likeness (QED) is 0.687. The summed E-state index contributed by atoms with van der Waals surface area (Å²) in [4.78, 5) is 14.3. The zero-order chi connectivity index (χ0) is 16.7. The molecule has 0 radical (unpaired) electrons. The lowest BCUT2D eigenvalue weighted by molar-refractivity contribution is -0.157. The Kier molecular flexibility index (Phi) is 6.90. The maximum absolute atomic E-state index is 12.0. The normalized spacial score (nSPS) is 19.1. The van der Waals surface area contributed by atoms with Crippen molar-refractivity contribution in [2.45, 2.75) is 39.7 Å². The van der Waals surface area contributed by atoms with Gasteiger partial charge in [0.25, 0.3) is 0 Å². The highest BCUT2D eigenvalue weighted by Gasteiger charge is 2.25. The number of benzene rings is 1. The largest absolute Gasteiger partial charge is 0.463 e. The van der Waals surface area contributed by atoms with Gasteiger partial charge in [0.05, 0.1) is 6.61 Å². The standard InChI is InChI=1S/C19H29NO3/c1-15(2)10-12-22-16(3)19(21)23-14-17-9-11-20(13-17)18-7-5-4-6-8-18/h4-8,15-17H,9-14H2,1-3H3. The van der Waals surface area contributed by atoms with Gasteiger partial charge in [-0.25, -0.2) is 4.79 Å². The molecule has 2 rings (SSSR count). The molecule has 0 N–H and O–H groups in total. The van der Waals surface area contributed by atoms with Gasteiger partial charge in [0, 0.05) is 31.3 Å². The minimum Gasteiger partial charge on any atom is -0.463 e. The molecule has 2 unspecified atom stereocenters. The molecule has 2 atom stereocenters. The van der Waals surface area contributed by atoms with Crippen LogP contribution in [-0.4, -0.2) is 38.4 Å². The van der Waals surface area contributed by atoms with Gasteiger partial charge < -0.3 is 14.4 Å². The topological polar surface area (TPSA) is 38.8 Å². The molecule has 4 nitrogen and oxygen atoms in total. The van der Waals surface area contributed by atoms with Gasteiger partial charge in [-0.1, -0.05) is 32.0 Å². The van der Waals surface area contributed by atoms with E-state index in [1.54, 1.807) is 6.92 Å². The summed E-state index contributed by atoms with van der Waals surface area (Å²) in [7, 11) is 0. The first-order valence-corrected chi connectivity index (χ1v) is 8.64. The van der Waals surface area contributed by atoms with E-state index in [9.17, 15) is 4.79 Å². The second kappa shape index (κ2) is 8.92. The molecule has 1 saturated heterocycles. The van der Waals surface area contributed by atoms with Crippen LogP contribution < -0.4 is 4.90 Å². The van der Waals surface area contributed by atoms with Crippen LogP contribution >= 0.6 is 0 Å². The Morgan fingerprint density at radius 2 is 2.00 bits per heavy atom. The number of rotatable bonds is 8. The van der Waals surface area contributed by atoms with Crippen molar-refractivity contribution in [3.63, 3.8) is 0 Å². The van der Waals surface area contributed by atoms with E-state index in [-0.39, 0.29) is 5.97 Å². The molecule has 128 valence electrons. The summed E-state index contributed by atoms with van der Waals surface area (Å²) in [6.07, 6.45) is 1.55. The number of carbonyl (C=O) groups is 1. The van der Waals surface area contributed by atoms with Gasteiger partial charge in [-0.15, -0.1) is 0 Å². The zero-order valence-corrected chi connectivity index (χ0v) is 14.5. The van der Waals surface area contributed by atoms with E-state index < -0.39 is 6.10 Å². The summed E-state index contributed by atoms with van der Waals surface area (Å²) >= 11 is 0. The van der Waals surface area contributed by atoms with Gasteiger partial charge in [0.15, 0.2) is 6.10 Å². The van der Waals surface area contributed by atoms with E-state index >= 15 is 0 Å². The van der Waals surface area contributed by atoms with Crippen molar-refractivity contribution >= 4 is 11.7 Å². The molecule has 0 spiro atoms. The fraction of sp³-hybridized carbons (Fsp3) is 0.632. The molecular formula is C19H29NO3. The van der Waals surface area contributed by atoms with Crippen molar-refractivity contribution in [3.8, 4) is 0 Å². The maximum atomic E-state index is 12.0. The van der Waals surface area contributed by atoms with Gasteiger partial charge in [-0.3, -0.25) is 0 Å². The van der Waals surface area contributed by atoms with Crippen LogP contribution in [0.15, 0.2) is 30.3 Å². The summed E-state index contributed by atoms with van der Waals surface area (Å²) in [6, 6.07) is 10.4. The Bertz CT molecular complexity index is 475. The second-order valence-electron chi connectivity index (χ2n) is 6.76. The van der Waals surface area contributed by atoms with Crippen molar-refractivity contribution in [2.75, 3.05) is 31.2 Å². The van der Waals surface area contributed by atoms with Crippen LogP contribution in [0.5, 0.6) is 0 Å². The minimum absolute atomic E-state index is 0.244. The molecule has 0 aromatic heterocycles. The third-order valence-electron chi connectivity index (χ3n) is 4.26. The van der Waals surface area contributed by atoms with Crippen LogP contribution in [0.1, 0.15) is 33.6 Å². The fourth-order valence-electron chi connectivity index (χ4n) is 2.71. The molecule has 0 amide bonds. The second-order valence-corrected chi connectivity index (χ2v) is 6.76. The molecule has 1 aromatic carbocycles. The van der Waals surface area contributed by atoms with Crippen LogP contribution in [0.25, 0.3) is 0 Å². The van der Waals surface area contributed by atoms with Crippen molar-refractivity contribution in [2.24, 2.45) is 11.8 Å². The molecule has 1 aliphatic heterocycles. The number of nitrogens with zero attached hydrogens (tertiary/aromatic N) is 1. The number of anilines is 1. The van der Waals surface area contributed by atoms with Gasteiger partial charge in [0.2, 0.25) is 0 Å². The lowest BCUT2D eigenvalue weighted by Crippen LogP contribution is -2.27. The number of para-hydroxylation sites is 1. The Morgan fingerprint density at radius 3 is 2.70 bits per heavy atom. The van der Waals surface area contributed by atoms with Gasteiger partial charge in [0.1, 0.15) is 0 Å².